The average Bonchev–Trinajstić information content (AvgIpc) is 2.84. The van der Waals surface area contributed by atoms with Gasteiger partial charge in [-0.3, -0.25) is 0 Å². The minimum atomic E-state index is 0.782. The second kappa shape index (κ2) is 3.54. The van der Waals surface area contributed by atoms with Gasteiger partial charge in [0.15, 0.2) is 0 Å². The summed E-state index contributed by atoms with van der Waals surface area (Å²) in [7, 11) is 8.22. The molecule has 0 radical (unpaired) electrons. The van der Waals surface area contributed by atoms with E-state index in [0.717, 1.165) is 16.8 Å². The van der Waals surface area contributed by atoms with Crippen molar-refractivity contribution < 1.29 is 0 Å². The Balaban J connectivity index is 2.60. The fourth-order valence-electron chi connectivity index (χ4n) is 1.67. The lowest BCUT2D eigenvalue weighted by Crippen LogP contribution is -2.27. The van der Waals surface area contributed by atoms with Gasteiger partial charge in [0.1, 0.15) is 0 Å². The molecule has 1 nitrogen and oxygen atoms in total. The summed E-state index contributed by atoms with van der Waals surface area (Å²) in [6, 6.07) is 0. The molecule has 0 spiro atoms. The Morgan fingerprint density at radius 3 is 2.31 bits per heavy atom. The molecule has 0 aromatic carbocycles. The smallest absolute Gasteiger partial charge is 0.0650 e. The molecule has 1 heterocycles. The van der Waals surface area contributed by atoms with E-state index in [9.17, 15) is 0 Å². The van der Waals surface area contributed by atoms with Gasteiger partial charge < -0.3 is 0 Å². The molecule has 0 aliphatic heterocycles. The van der Waals surface area contributed by atoms with Gasteiger partial charge in [0, 0.05) is 0 Å². The summed E-state index contributed by atoms with van der Waals surface area (Å²) < 4.78 is 0. The molecule has 70 valence electrons. The van der Waals surface area contributed by atoms with Crippen LogP contribution in [-0.2, 0) is 0 Å². The second-order valence-corrected chi connectivity index (χ2v) is 5.28. The van der Waals surface area contributed by atoms with E-state index in [2.05, 4.69) is 39.6 Å². The van der Waals surface area contributed by atoms with Gasteiger partial charge in [0.05, 0.1) is 10.9 Å². The van der Waals surface area contributed by atoms with E-state index >= 15 is 0 Å². The number of nitrogens with zero attached hydrogens (tertiary/aromatic N) is 1. The van der Waals surface area contributed by atoms with Crippen LogP contribution < -0.4 is 16.2 Å². The van der Waals surface area contributed by atoms with Crippen molar-refractivity contribution in [3.8, 4) is 0 Å². The number of hydrogen-bond acceptors (Lipinski definition) is 1. The molecule has 0 amide bonds. The molecule has 1 aromatic heterocycles. The quantitative estimate of drug-likeness (QED) is 0.648. The Morgan fingerprint density at radius 2 is 1.77 bits per heavy atom. The molecule has 0 saturated heterocycles. The van der Waals surface area contributed by atoms with Crippen LogP contribution in [0.4, 0.5) is 0 Å². The lowest BCUT2D eigenvalue weighted by atomic mass is 10.1. The highest BCUT2D eigenvalue weighted by molar-refractivity contribution is 7.36. The van der Waals surface area contributed by atoms with E-state index in [-0.39, 0.29) is 0 Å². The predicted molar refractivity (Wildman–Crippen MR) is 69.0 cm³/mol. The lowest BCUT2D eigenvalue weighted by molar-refractivity contribution is 1.10. The van der Waals surface area contributed by atoms with E-state index < -0.39 is 0 Å². The fourth-order valence-corrected chi connectivity index (χ4v) is 2.98. The third-order valence-corrected chi connectivity index (χ3v) is 4.53. The zero-order valence-corrected chi connectivity index (χ0v) is 11.1. The minimum Gasteiger partial charge on any atom is -0.249 e. The van der Waals surface area contributed by atoms with Crippen molar-refractivity contribution in [3.05, 3.63) is 11.1 Å². The Hall–Kier alpha value is 0.440. The molecule has 1 fully saturated rings. The van der Waals surface area contributed by atoms with Gasteiger partial charge >= 0.3 is 0 Å². The zero-order chi connectivity index (χ0) is 9.59. The van der Waals surface area contributed by atoms with Crippen LogP contribution in [0.25, 0.3) is 0 Å². The maximum Gasteiger partial charge on any atom is 0.0650 e. The average molecular weight is 229 g/mol. The highest BCUT2D eigenvalue weighted by atomic mass is 31.0. The molecule has 0 bridgehead atoms. The molecule has 1 aliphatic carbocycles. The van der Waals surface area contributed by atoms with Crippen LogP contribution in [0.2, 0.25) is 0 Å². The largest absolute Gasteiger partial charge is 0.249 e. The molecule has 4 heteroatoms. The van der Waals surface area contributed by atoms with Gasteiger partial charge in [-0.2, -0.15) is 0 Å². The van der Waals surface area contributed by atoms with E-state index in [1.807, 2.05) is 0 Å². The first-order chi connectivity index (χ1) is 6.11. The topological polar surface area (TPSA) is 12.9 Å². The Morgan fingerprint density at radius 1 is 1.15 bits per heavy atom. The highest BCUT2D eigenvalue weighted by Crippen LogP contribution is 2.40. The van der Waals surface area contributed by atoms with Crippen LogP contribution in [0.1, 0.15) is 29.9 Å². The van der Waals surface area contributed by atoms with Crippen LogP contribution >= 0.6 is 27.7 Å². The van der Waals surface area contributed by atoms with Gasteiger partial charge in [-0.15, -0.1) is 9.24 Å². The predicted octanol–water partition coefficient (Wildman–Crippen LogP) is 0.769. The van der Waals surface area contributed by atoms with Crippen LogP contribution in [0.3, 0.4) is 0 Å². The van der Waals surface area contributed by atoms with E-state index in [1.165, 1.54) is 29.3 Å². The molecule has 3 atom stereocenters. The van der Waals surface area contributed by atoms with Crippen molar-refractivity contribution in [1.29, 1.82) is 0 Å². The number of hydrogen-bond donors (Lipinski definition) is 0. The molecular formula is C9H14NP3. The summed E-state index contributed by atoms with van der Waals surface area (Å²) in [5.74, 6) is 0.782. The Labute approximate surface area is 86.1 Å². The molecular weight excluding hydrogens is 215 g/mol. The van der Waals surface area contributed by atoms with Crippen molar-refractivity contribution in [1.82, 2.24) is 4.98 Å². The maximum absolute atomic E-state index is 4.50. The third-order valence-electron chi connectivity index (χ3n) is 2.59. The lowest BCUT2D eigenvalue weighted by Gasteiger charge is -2.12. The van der Waals surface area contributed by atoms with Crippen molar-refractivity contribution in [2.75, 3.05) is 0 Å². The van der Waals surface area contributed by atoms with Crippen LogP contribution in [0, 0.1) is 6.92 Å². The first-order valence-corrected chi connectivity index (χ1v) is 6.15. The van der Waals surface area contributed by atoms with Crippen molar-refractivity contribution in [2.24, 2.45) is 0 Å². The molecule has 2 rings (SSSR count). The van der Waals surface area contributed by atoms with Crippen molar-refractivity contribution >= 4 is 43.9 Å². The zero-order valence-electron chi connectivity index (χ0n) is 7.67. The number of rotatable bonds is 1. The van der Waals surface area contributed by atoms with Crippen LogP contribution in [-0.4, -0.2) is 4.98 Å². The summed E-state index contributed by atoms with van der Waals surface area (Å²) in [5, 5.41) is 1.25. The van der Waals surface area contributed by atoms with Gasteiger partial charge in [0.2, 0.25) is 0 Å². The molecule has 1 saturated carbocycles. The summed E-state index contributed by atoms with van der Waals surface area (Å²) in [4.78, 5) is 4.50. The Bertz CT molecular complexity index is 358. The SMILES string of the molecule is Cc1c(P)c(P)nc(P)c1C1CC1. The van der Waals surface area contributed by atoms with Crippen LogP contribution in [0.15, 0.2) is 0 Å². The standard InChI is InChI=1S/C9H14NP3/c1-4-6(5-2-3-5)8(12)10-9(13)7(4)11/h5H,2-3,11-13H2,1H3. The van der Waals surface area contributed by atoms with E-state index in [4.69, 9.17) is 0 Å². The first kappa shape index (κ1) is 9.97. The van der Waals surface area contributed by atoms with Crippen LogP contribution in [0.5, 0.6) is 0 Å². The number of aromatic nitrogens is 1. The van der Waals surface area contributed by atoms with Gasteiger partial charge in [-0.05, 0) is 42.1 Å². The molecule has 0 N–H and O–H groups in total. The van der Waals surface area contributed by atoms with Crippen molar-refractivity contribution in [3.63, 3.8) is 0 Å². The van der Waals surface area contributed by atoms with Gasteiger partial charge in [-0.1, -0.05) is 18.5 Å². The first-order valence-electron chi connectivity index (χ1n) is 4.42. The molecule has 3 unspecified atom stereocenters. The molecule has 13 heavy (non-hydrogen) atoms. The highest BCUT2D eigenvalue weighted by Gasteiger charge is 2.28. The summed E-state index contributed by atoms with van der Waals surface area (Å²) in [6.45, 7) is 2.19. The fraction of sp³-hybridized carbons (Fsp3) is 0.444. The summed E-state index contributed by atoms with van der Waals surface area (Å²) in [6.07, 6.45) is 2.68. The second-order valence-electron chi connectivity index (χ2n) is 3.61. The molecule has 1 aliphatic rings. The summed E-state index contributed by atoms with van der Waals surface area (Å²) in [5.41, 5.74) is 5.05. The van der Waals surface area contributed by atoms with Gasteiger partial charge in [-0.25, -0.2) is 4.98 Å². The van der Waals surface area contributed by atoms with E-state index in [0.29, 0.717) is 0 Å². The normalized spacial score (nSPS) is 16.3. The van der Waals surface area contributed by atoms with Crippen molar-refractivity contribution in [2.45, 2.75) is 25.7 Å². The Kier molecular flexibility index (Phi) is 2.72. The summed E-state index contributed by atoms with van der Waals surface area (Å²) >= 11 is 0. The molecule has 1 aromatic rings. The monoisotopic (exact) mass is 229 g/mol. The third kappa shape index (κ3) is 1.80. The van der Waals surface area contributed by atoms with Gasteiger partial charge in [0.25, 0.3) is 0 Å². The minimum absolute atomic E-state index is 0.782. The van der Waals surface area contributed by atoms with E-state index in [1.54, 1.807) is 0 Å². The maximum atomic E-state index is 4.50. The number of pyridine rings is 1.